The Morgan fingerprint density at radius 1 is 1.18 bits per heavy atom. The number of hydrogen-bond donors (Lipinski definition) is 0. The van der Waals surface area contributed by atoms with Crippen molar-refractivity contribution in [2.75, 3.05) is 6.54 Å². The Morgan fingerprint density at radius 3 is 3.00 bits per heavy atom. The summed E-state index contributed by atoms with van der Waals surface area (Å²) in [6.07, 6.45) is 15.7. The molecule has 3 heterocycles. The van der Waals surface area contributed by atoms with Crippen molar-refractivity contribution in [1.29, 1.82) is 0 Å². The van der Waals surface area contributed by atoms with E-state index in [0.717, 1.165) is 11.8 Å². The molecule has 0 spiro atoms. The minimum absolute atomic E-state index is 0.399. The summed E-state index contributed by atoms with van der Waals surface area (Å²) in [5.41, 5.74) is 3.27. The number of fused-ring (bicyclic) bond motifs is 6. The Hall–Kier alpha value is -1.02. The van der Waals surface area contributed by atoms with Crippen LogP contribution in [0.15, 0.2) is 35.6 Å². The molecule has 2 saturated heterocycles. The standard InChI is InChI=1S/C20H27NO/c1-12-3-5-15-16-6-4-14-7-8-21-11-13(2)9-17(21)19(14)20(16)22-18(15)10-12/h3,5,7-8,12-13,15-18,20H,4,6,9-11H2,1-2H3. The van der Waals surface area contributed by atoms with Crippen molar-refractivity contribution in [2.45, 2.75) is 57.8 Å². The molecule has 0 aromatic heterocycles. The van der Waals surface area contributed by atoms with Crippen LogP contribution in [0.5, 0.6) is 0 Å². The zero-order valence-corrected chi connectivity index (χ0v) is 13.7. The van der Waals surface area contributed by atoms with Gasteiger partial charge < -0.3 is 9.64 Å². The smallest absolute Gasteiger partial charge is 0.0849 e. The van der Waals surface area contributed by atoms with Crippen LogP contribution in [0.1, 0.15) is 39.5 Å². The molecule has 22 heavy (non-hydrogen) atoms. The van der Waals surface area contributed by atoms with E-state index in [2.05, 4.69) is 43.2 Å². The lowest BCUT2D eigenvalue weighted by Gasteiger charge is -2.39. The number of hydrogen-bond acceptors (Lipinski definition) is 2. The predicted octanol–water partition coefficient (Wildman–Crippen LogP) is 3.91. The maximum atomic E-state index is 6.68. The topological polar surface area (TPSA) is 12.5 Å². The highest BCUT2D eigenvalue weighted by Crippen LogP contribution is 2.51. The van der Waals surface area contributed by atoms with Crippen LogP contribution in [0, 0.1) is 23.7 Å². The fourth-order valence-electron chi connectivity index (χ4n) is 5.71. The molecule has 0 N–H and O–H groups in total. The summed E-state index contributed by atoms with van der Waals surface area (Å²) in [5, 5.41) is 0. The lowest BCUT2D eigenvalue weighted by atomic mass is 9.70. The number of nitrogens with zero attached hydrogens (tertiary/aromatic N) is 1. The molecule has 3 aliphatic heterocycles. The van der Waals surface area contributed by atoms with E-state index in [0.29, 0.717) is 30.1 Å². The highest BCUT2D eigenvalue weighted by atomic mass is 16.5. The van der Waals surface area contributed by atoms with Gasteiger partial charge in [-0.3, -0.25) is 0 Å². The third-order valence-corrected chi connectivity index (χ3v) is 6.70. The van der Waals surface area contributed by atoms with Crippen molar-refractivity contribution in [2.24, 2.45) is 23.7 Å². The molecule has 0 saturated carbocycles. The molecule has 5 aliphatic rings. The number of allylic oxidation sites excluding steroid dienone is 3. The van der Waals surface area contributed by atoms with E-state index in [1.807, 2.05) is 0 Å². The predicted molar refractivity (Wildman–Crippen MR) is 88.2 cm³/mol. The first-order valence-corrected chi connectivity index (χ1v) is 9.21. The van der Waals surface area contributed by atoms with Gasteiger partial charge in [0.15, 0.2) is 0 Å². The van der Waals surface area contributed by atoms with Crippen molar-refractivity contribution in [3.8, 4) is 0 Å². The molecule has 7 atom stereocenters. The molecule has 5 rings (SSSR count). The van der Waals surface area contributed by atoms with Gasteiger partial charge in [-0.2, -0.15) is 0 Å². The average Bonchev–Trinajstić information content (AvgIpc) is 3.05. The molecule has 0 aromatic carbocycles. The summed E-state index contributed by atoms with van der Waals surface area (Å²) >= 11 is 0. The van der Waals surface area contributed by atoms with Gasteiger partial charge in [0.25, 0.3) is 0 Å². The Kier molecular flexibility index (Phi) is 2.89. The quantitative estimate of drug-likeness (QED) is 0.629. The first kappa shape index (κ1) is 13.4. The second kappa shape index (κ2) is 4.74. The molecular formula is C20H27NO. The first-order chi connectivity index (χ1) is 10.7. The lowest BCUT2D eigenvalue weighted by molar-refractivity contribution is 0.0300. The highest BCUT2D eigenvalue weighted by molar-refractivity contribution is 5.40. The molecular weight excluding hydrogens is 270 g/mol. The second-order valence-electron chi connectivity index (χ2n) is 8.32. The largest absolute Gasteiger partial charge is 0.370 e. The van der Waals surface area contributed by atoms with Crippen LogP contribution in [-0.4, -0.2) is 29.7 Å². The van der Waals surface area contributed by atoms with E-state index in [-0.39, 0.29) is 0 Å². The van der Waals surface area contributed by atoms with Gasteiger partial charge in [-0.15, -0.1) is 0 Å². The van der Waals surface area contributed by atoms with Crippen LogP contribution < -0.4 is 0 Å². The van der Waals surface area contributed by atoms with E-state index < -0.39 is 0 Å². The van der Waals surface area contributed by atoms with Crippen LogP contribution in [0.2, 0.25) is 0 Å². The van der Waals surface area contributed by atoms with Crippen LogP contribution in [-0.2, 0) is 4.74 Å². The zero-order valence-electron chi connectivity index (χ0n) is 13.7. The van der Waals surface area contributed by atoms with Crippen LogP contribution >= 0.6 is 0 Å². The molecule has 0 amide bonds. The Morgan fingerprint density at radius 2 is 2.09 bits per heavy atom. The molecule has 0 radical (unpaired) electrons. The normalized spacial score (nSPS) is 49.0. The van der Waals surface area contributed by atoms with Crippen molar-refractivity contribution in [3.05, 3.63) is 35.6 Å². The van der Waals surface area contributed by atoms with E-state index in [9.17, 15) is 0 Å². The van der Waals surface area contributed by atoms with Crippen molar-refractivity contribution in [3.63, 3.8) is 0 Å². The van der Waals surface area contributed by atoms with Gasteiger partial charge in [-0.1, -0.05) is 26.0 Å². The summed E-state index contributed by atoms with van der Waals surface area (Å²) in [6, 6.07) is 0.629. The Labute approximate surface area is 133 Å². The summed E-state index contributed by atoms with van der Waals surface area (Å²) < 4.78 is 6.68. The zero-order chi connectivity index (χ0) is 14.8. The molecule has 2 heteroatoms. The summed E-state index contributed by atoms with van der Waals surface area (Å²) in [5.74, 6) is 2.90. The Bertz CT molecular complexity index is 574. The third kappa shape index (κ3) is 1.83. The van der Waals surface area contributed by atoms with Gasteiger partial charge >= 0.3 is 0 Å². The first-order valence-electron chi connectivity index (χ1n) is 9.21. The van der Waals surface area contributed by atoms with E-state index in [1.54, 1.807) is 11.1 Å². The average molecular weight is 297 g/mol. The SMILES string of the molecule is CC1C=CC2C(C1)OC1C3=C(C=CN4CC(C)CC34)CCC12. The van der Waals surface area contributed by atoms with Gasteiger partial charge in [0, 0.05) is 12.5 Å². The molecule has 7 unspecified atom stereocenters. The molecule has 2 fully saturated rings. The van der Waals surface area contributed by atoms with E-state index in [4.69, 9.17) is 4.74 Å². The molecule has 0 aromatic rings. The number of rotatable bonds is 0. The molecule has 2 nitrogen and oxygen atoms in total. The van der Waals surface area contributed by atoms with Crippen molar-refractivity contribution in [1.82, 2.24) is 4.90 Å². The monoisotopic (exact) mass is 297 g/mol. The van der Waals surface area contributed by atoms with Crippen molar-refractivity contribution >= 4 is 0 Å². The van der Waals surface area contributed by atoms with Gasteiger partial charge in [0.05, 0.1) is 18.2 Å². The van der Waals surface area contributed by atoms with Crippen LogP contribution in [0.3, 0.4) is 0 Å². The maximum absolute atomic E-state index is 6.68. The second-order valence-corrected chi connectivity index (χ2v) is 8.32. The van der Waals surface area contributed by atoms with Crippen LogP contribution in [0.4, 0.5) is 0 Å². The van der Waals surface area contributed by atoms with Crippen LogP contribution in [0.25, 0.3) is 0 Å². The van der Waals surface area contributed by atoms with Gasteiger partial charge in [-0.05, 0) is 66.9 Å². The summed E-state index contributed by atoms with van der Waals surface area (Å²) in [4.78, 5) is 2.58. The molecule has 2 aliphatic carbocycles. The van der Waals surface area contributed by atoms with E-state index >= 15 is 0 Å². The minimum atomic E-state index is 0.399. The Balaban J connectivity index is 1.51. The van der Waals surface area contributed by atoms with Gasteiger partial charge in [-0.25, -0.2) is 0 Å². The lowest BCUT2D eigenvalue weighted by Crippen LogP contribution is -2.39. The van der Waals surface area contributed by atoms with Gasteiger partial charge in [0.1, 0.15) is 0 Å². The highest BCUT2D eigenvalue weighted by Gasteiger charge is 2.51. The maximum Gasteiger partial charge on any atom is 0.0849 e. The minimum Gasteiger partial charge on any atom is -0.370 e. The number of ether oxygens (including phenoxy) is 1. The third-order valence-electron chi connectivity index (χ3n) is 6.70. The fourth-order valence-corrected chi connectivity index (χ4v) is 5.71. The summed E-state index contributed by atoms with van der Waals surface area (Å²) in [6.45, 7) is 5.94. The van der Waals surface area contributed by atoms with E-state index in [1.165, 1.54) is 32.2 Å². The van der Waals surface area contributed by atoms with Crippen molar-refractivity contribution < 1.29 is 4.74 Å². The molecule has 118 valence electrons. The molecule has 0 bridgehead atoms. The fraction of sp³-hybridized carbons (Fsp3) is 0.700. The van der Waals surface area contributed by atoms with Gasteiger partial charge in [0.2, 0.25) is 0 Å². The summed E-state index contributed by atoms with van der Waals surface area (Å²) in [7, 11) is 0.